The van der Waals surface area contributed by atoms with Crippen molar-refractivity contribution in [3.8, 4) is 0 Å². The summed E-state index contributed by atoms with van der Waals surface area (Å²) < 4.78 is 0. The summed E-state index contributed by atoms with van der Waals surface area (Å²) in [6.45, 7) is 11.6. The first-order chi connectivity index (χ1) is 7.72. The monoisotopic (exact) mass is 231 g/mol. The first-order valence-corrected chi connectivity index (χ1v) is 6.15. The fraction of sp³-hybridized carbons (Fsp3) is 0.533. The van der Waals surface area contributed by atoms with Crippen molar-refractivity contribution in [1.82, 2.24) is 5.32 Å². The second kappa shape index (κ2) is 3.59. The third-order valence-corrected chi connectivity index (χ3v) is 3.55. The lowest BCUT2D eigenvalue weighted by molar-refractivity contribution is 0.0929. The fourth-order valence-corrected chi connectivity index (χ4v) is 2.28. The number of hydrogen-bond acceptors (Lipinski definition) is 1. The number of nitrogens with one attached hydrogen (secondary N) is 1. The van der Waals surface area contributed by atoms with Gasteiger partial charge in [0, 0.05) is 17.5 Å². The van der Waals surface area contributed by atoms with Gasteiger partial charge in [-0.3, -0.25) is 4.79 Å². The molecule has 0 spiro atoms. The lowest BCUT2D eigenvalue weighted by atomic mass is 9.76. The van der Waals surface area contributed by atoms with Gasteiger partial charge in [-0.25, -0.2) is 0 Å². The van der Waals surface area contributed by atoms with Crippen molar-refractivity contribution in [2.75, 3.05) is 6.54 Å². The van der Waals surface area contributed by atoms with Crippen LogP contribution < -0.4 is 5.32 Å². The van der Waals surface area contributed by atoms with Gasteiger partial charge < -0.3 is 5.32 Å². The molecule has 0 aliphatic carbocycles. The zero-order chi connectivity index (χ0) is 12.8. The van der Waals surface area contributed by atoms with Crippen molar-refractivity contribution in [2.45, 2.75) is 45.4 Å². The molecule has 2 heteroatoms. The Balaban J connectivity index is 2.58. The Hall–Kier alpha value is -1.31. The predicted octanol–water partition coefficient (Wildman–Crippen LogP) is 3.01. The highest BCUT2D eigenvalue weighted by Crippen LogP contribution is 2.32. The quantitative estimate of drug-likeness (QED) is 0.730. The maximum Gasteiger partial charge on any atom is 0.251 e. The smallest absolute Gasteiger partial charge is 0.251 e. The highest BCUT2D eigenvalue weighted by molar-refractivity contribution is 5.97. The molecular formula is C15H21NO. The first kappa shape index (κ1) is 12.2. The summed E-state index contributed by atoms with van der Waals surface area (Å²) in [7, 11) is 0. The molecule has 1 amide bonds. The van der Waals surface area contributed by atoms with Gasteiger partial charge in [0.25, 0.3) is 5.91 Å². The van der Waals surface area contributed by atoms with Crippen LogP contribution in [0.3, 0.4) is 0 Å². The van der Waals surface area contributed by atoms with Gasteiger partial charge in [-0.1, -0.05) is 46.8 Å². The van der Waals surface area contributed by atoms with Crippen LogP contribution in [0.25, 0.3) is 0 Å². The van der Waals surface area contributed by atoms with Crippen molar-refractivity contribution >= 4 is 5.91 Å². The number of amides is 1. The average molecular weight is 231 g/mol. The summed E-state index contributed by atoms with van der Waals surface area (Å²) in [5, 5.41) is 2.97. The predicted molar refractivity (Wildman–Crippen MR) is 70.5 cm³/mol. The number of fused-ring (bicyclic) bond motifs is 1. The van der Waals surface area contributed by atoms with Crippen LogP contribution in [0.1, 0.15) is 56.1 Å². The van der Waals surface area contributed by atoms with Gasteiger partial charge in [-0.15, -0.1) is 0 Å². The number of carbonyl (C=O) groups is 1. The van der Waals surface area contributed by atoms with Gasteiger partial charge in [-0.05, 0) is 22.6 Å². The maximum absolute atomic E-state index is 11.9. The molecule has 0 atom stereocenters. The van der Waals surface area contributed by atoms with Crippen molar-refractivity contribution in [3.05, 3.63) is 34.9 Å². The molecule has 1 aromatic carbocycles. The molecule has 0 saturated carbocycles. The molecule has 1 heterocycles. The Morgan fingerprint density at radius 1 is 1.24 bits per heavy atom. The molecule has 0 bridgehead atoms. The van der Waals surface area contributed by atoms with E-state index in [1.54, 1.807) is 0 Å². The van der Waals surface area contributed by atoms with Crippen LogP contribution in [-0.2, 0) is 10.8 Å². The Morgan fingerprint density at radius 2 is 1.88 bits per heavy atom. The molecular weight excluding hydrogens is 210 g/mol. The Kier molecular flexibility index (Phi) is 2.57. The van der Waals surface area contributed by atoms with Crippen molar-refractivity contribution in [1.29, 1.82) is 0 Å². The van der Waals surface area contributed by atoms with E-state index in [9.17, 15) is 4.79 Å². The fourth-order valence-electron chi connectivity index (χ4n) is 2.28. The molecule has 92 valence electrons. The molecule has 0 radical (unpaired) electrons. The molecule has 17 heavy (non-hydrogen) atoms. The van der Waals surface area contributed by atoms with E-state index in [-0.39, 0.29) is 16.7 Å². The number of hydrogen-bond donors (Lipinski definition) is 1. The van der Waals surface area contributed by atoms with Crippen LogP contribution in [-0.4, -0.2) is 12.5 Å². The highest BCUT2D eigenvalue weighted by atomic mass is 16.1. The molecule has 1 aliphatic heterocycles. The molecule has 0 unspecified atom stereocenters. The second-order valence-corrected chi connectivity index (χ2v) is 6.58. The van der Waals surface area contributed by atoms with E-state index in [1.807, 2.05) is 6.07 Å². The summed E-state index contributed by atoms with van der Waals surface area (Å²) in [6, 6.07) is 6.32. The largest absolute Gasteiger partial charge is 0.351 e. The van der Waals surface area contributed by atoms with Crippen LogP contribution in [0.2, 0.25) is 0 Å². The lowest BCUT2D eigenvalue weighted by Gasteiger charge is -2.33. The lowest BCUT2D eigenvalue weighted by Crippen LogP contribution is -2.43. The SMILES string of the molecule is CC(C)(C)c1ccc2c(c1)C(=O)NCC2(C)C. The third kappa shape index (κ3) is 2.08. The maximum atomic E-state index is 11.9. The van der Waals surface area contributed by atoms with Crippen LogP contribution in [0.5, 0.6) is 0 Å². The van der Waals surface area contributed by atoms with Crippen LogP contribution >= 0.6 is 0 Å². The minimum atomic E-state index is 0.0274. The number of rotatable bonds is 0. The Bertz CT molecular complexity index is 466. The summed E-state index contributed by atoms with van der Waals surface area (Å²) >= 11 is 0. The Labute approximate surface area is 103 Å². The minimum absolute atomic E-state index is 0.0274. The molecule has 1 aromatic rings. The summed E-state index contributed by atoms with van der Waals surface area (Å²) in [6.07, 6.45) is 0. The normalized spacial score (nSPS) is 18.5. The molecule has 0 fully saturated rings. The zero-order valence-corrected chi connectivity index (χ0v) is 11.3. The zero-order valence-electron chi connectivity index (χ0n) is 11.3. The average Bonchev–Trinajstić information content (AvgIpc) is 2.22. The van der Waals surface area contributed by atoms with E-state index in [1.165, 1.54) is 5.56 Å². The van der Waals surface area contributed by atoms with Gasteiger partial charge in [0.15, 0.2) is 0 Å². The summed E-state index contributed by atoms with van der Waals surface area (Å²) in [4.78, 5) is 11.9. The van der Waals surface area contributed by atoms with Crippen molar-refractivity contribution in [3.63, 3.8) is 0 Å². The Morgan fingerprint density at radius 3 is 2.47 bits per heavy atom. The molecule has 2 nitrogen and oxygen atoms in total. The first-order valence-electron chi connectivity index (χ1n) is 6.15. The molecule has 1 N–H and O–H groups in total. The van der Waals surface area contributed by atoms with E-state index in [2.05, 4.69) is 52.1 Å². The summed E-state index contributed by atoms with van der Waals surface area (Å²) in [5.41, 5.74) is 3.32. The standard InChI is InChI=1S/C15H21NO/c1-14(2,3)10-6-7-12-11(8-10)13(17)16-9-15(12,4)5/h6-8H,9H2,1-5H3,(H,16,17). The van der Waals surface area contributed by atoms with E-state index in [0.717, 1.165) is 11.1 Å². The van der Waals surface area contributed by atoms with Crippen LogP contribution in [0, 0.1) is 0 Å². The number of carbonyl (C=O) groups excluding carboxylic acids is 1. The molecule has 2 rings (SSSR count). The molecule has 0 aromatic heterocycles. The van der Waals surface area contributed by atoms with Gasteiger partial charge in [-0.2, -0.15) is 0 Å². The molecule has 0 saturated heterocycles. The van der Waals surface area contributed by atoms with Gasteiger partial charge >= 0.3 is 0 Å². The minimum Gasteiger partial charge on any atom is -0.351 e. The van der Waals surface area contributed by atoms with E-state index >= 15 is 0 Å². The van der Waals surface area contributed by atoms with Gasteiger partial charge in [0.05, 0.1) is 0 Å². The number of benzene rings is 1. The molecule has 1 aliphatic rings. The highest BCUT2D eigenvalue weighted by Gasteiger charge is 2.32. The van der Waals surface area contributed by atoms with E-state index < -0.39 is 0 Å². The van der Waals surface area contributed by atoms with Crippen molar-refractivity contribution < 1.29 is 4.79 Å². The van der Waals surface area contributed by atoms with Gasteiger partial charge in [0.1, 0.15) is 0 Å². The second-order valence-electron chi connectivity index (χ2n) is 6.58. The topological polar surface area (TPSA) is 29.1 Å². The third-order valence-electron chi connectivity index (χ3n) is 3.55. The van der Waals surface area contributed by atoms with E-state index in [4.69, 9.17) is 0 Å². The van der Waals surface area contributed by atoms with Crippen LogP contribution in [0.15, 0.2) is 18.2 Å². The van der Waals surface area contributed by atoms with Crippen LogP contribution in [0.4, 0.5) is 0 Å². The van der Waals surface area contributed by atoms with Crippen molar-refractivity contribution in [2.24, 2.45) is 0 Å². The van der Waals surface area contributed by atoms with E-state index in [0.29, 0.717) is 6.54 Å². The summed E-state index contributed by atoms with van der Waals surface area (Å²) in [5.74, 6) is 0.0606. The van der Waals surface area contributed by atoms with Gasteiger partial charge in [0.2, 0.25) is 0 Å².